The number of halogens is 4. The lowest BCUT2D eigenvalue weighted by Crippen LogP contribution is -2.47. The first-order chi connectivity index (χ1) is 14.3. The van der Waals surface area contributed by atoms with Crippen LogP contribution in [0.5, 0.6) is 0 Å². The first-order valence-electron chi connectivity index (χ1n) is 9.00. The fourth-order valence-electron chi connectivity index (χ4n) is 3.55. The van der Waals surface area contributed by atoms with Gasteiger partial charge in [0.1, 0.15) is 11.5 Å². The van der Waals surface area contributed by atoms with Crippen molar-refractivity contribution in [3.63, 3.8) is 0 Å². The number of hydrogen-bond donors (Lipinski definition) is 0. The van der Waals surface area contributed by atoms with Gasteiger partial charge in [0, 0.05) is 38.6 Å². The molecule has 1 aliphatic heterocycles. The van der Waals surface area contributed by atoms with E-state index in [4.69, 9.17) is 11.6 Å². The fourth-order valence-corrected chi connectivity index (χ4v) is 3.84. The van der Waals surface area contributed by atoms with Crippen molar-refractivity contribution >= 4 is 39.7 Å². The number of aromatic nitrogens is 2. The molecule has 1 aliphatic rings. The van der Waals surface area contributed by atoms with Gasteiger partial charge in [-0.1, -0.05) is 11.6 Å². The molecule has 2 aromatic heterocycles. The summed E-state index contributed by atoms with van der Waals surface area (Å²) in [5, 5.41) is 12.1. The number of alkyl halides is 3. The summed E-state index contributed by atoms with van der Waals surface area (Å²) in [5.74, 6) is 0.265. The van der Waals surface area contributed by atoms with E-state index in [1.54, 1.807) is 35.4 Å². The summed E-state index contributed by atoms with van der Waals surface area (Å²) in [6, 6.07) is 7.57. The Morgan fingerprint density at radius 3 is 2.40 bits per heavy atom. The molecule has 4 rings (SSSR count). The van der Waals surface area contributed by atoms with Crippen LogP contribution >= 0.6 is 11.6 Å². The zero-order chi connectivity index (χ0) is 21.5. The SMILES string of the molecule is O=[N+]([O-])c1c(N2CCN(c3ncc(C(F)(F)F)cc3Cl)CC2)ccc2ncccc12. The van der Waals surface area contributed by atoms with E-state index in [1.165, 1.54) is 0 Å². The second-order valence-electron chi connectivity index (χ2n) is 6.76. The Labute approximate surface area is 173 Å². The lowest BCUT2D eigenvalue weighted by atomic mass is 10.1. The van der Waals surface area contributed by atoms with Gasteiger partial charge in [0.2, 0.25) is 0 Å². The first kappa shape index (κ1) is 20.1. The highest BCUT2D eigenvalue weighted by atomic mass is 35.5. The fraction of sp³-hybridized carbons (Fsp3) is 0.263. The van der Waals surface area contributed by atoms with Crippen molar-refractivity contribution in [1.29, 1.82) is 0 Å². The highest BCUT2D eigenvalue weighted by Gasteiger charge is 2.33. The molecule has 30 heavy (non-hydrogen) atoms. The van der Waals surface area contributed by atoms with Gasteiger partial charge in [-0.05, 0) is 30.3 Å². The monoisotopic (exact) mass is 437 g/mol. The Hall–Kier alpha value is -3.14. The van der Waals surface area contributed by atoms with Crippen molar-refractivity contribution in [3.05, 3.63) is 63.4 Å². The number of anilines is 2. The number of nitro groups is 1. The molecule has 0 spiro atoms. The molecule has 0 atom stereocenters. The van der Waals surface area contributed by atoms with Crippen molar-refractivity contribution in [2.24, 2.45) is 0 Å². The molecule has 7 nitrogen and oxygen atoms in total. The second kappa shape index (κ2) is 7.60. The number of hydrogen-bond acceptors (Lipinski definition) is 6. The van der Waals surface area contributed by atoms with E-state index in [1.807, 2.05) is 4.90 Å². The lowest BCUT2D eigenvalue weighted by Gasteiger charge is -2.36. The number of fused-ring (bicyclic) bond motifs is 1. The normalized spacial score (nSPS) is 14.9. The van der Waals surface area contributed by atoms with Crippen LogP contribution in [0.3, 0.4) is 0 Å². The third kappa shape index (κ3) is 3.70. The minimum atomic E-state index is -4.52. The predicted octanol–water partition coefficient (Wildman–Crippen LogP) is 4.54. The number of pyridine rings is 2. The van der Waals surface area contributed by atoms with Crippen molar-refractivity contribution < 1.29 is 18.1 Å². The summed E-state index contributed by atoms with van der Waals surface area (Å²) >= 11 is 6.04. The molecule has 156 valence electrons. The smallest absolute Gasteiger partial charge is 0.362 e. The molecule has 1 fully saturated rings. The highest BCUT2D eigenvalue weighted by molar-refractivity contribution is 6.33. The van der Waals surface area contributed by atoms with Crippen LogP contribution in [-0.4, -0.2) is 41.1 Å². The van der Waals surface area contributed by atoms with Gasteiger partial charge in [-0.15, -0.1) is 0 Å². The molecule has 0 saturated carbocycles. The van der Waals surface area contributed by atoms with Crippen LogP contribution in [0, 0.1) is 10.1 Å². The molecule has 0 bridgehead atoms. The predicted molar refractivity (Wildman–Crippen MR) is 107 cm³/mol. The summed E-state index contributed by atoms with van der Waals surface area (Å²) in [6.45, 7) is 1.65. The second-order valence-corrected chi connectivity index (χ2v) is 7.17. The number of benzene rings is 1. The number of nitrogens with zero attached hydrogens (tertiary/aromatic N) is 5. The number of piperazine rings is 1. The van der Waals surface area contributed by atoms with Gasteiger partial charge >= 0.3 is 11.9 Å². The molecule has 3 aromatic rings. The summed E-state index contributed by atoms with van der Waals surface area (Å²) in [5.41, 5.74) is 0.0916. The van der Waals surface area contributed by atoms with Gasteiger partial charge in [-0.3, -0.25) is 15.1 Å². The molecule has 0 N–H and O–H groups in total. The standard InChI is InChI=1S/C19H15ClF3N5O2/c20-14-10-12(19(21,22)23)11-25-18(14)27-8-6-26(7-9-27)16-4-3-15-13(2-1-5-24-15)17(16)28(29)30/h1-5,10-11H,6-9H2. The van der Waals surface area contributed by atoms with E-state index < -0.39 is 16.7 Å². The molecule has 0 radical (unpaired) electrons. The average molecular weight is 438 g/mol. The van der Waals surface area contributed by atoms with Crippen LogP contribution in [0.4, 0.5) is 30.4 Å². The zero-order valence-electron chi connectivity index (χ0n) is 15.4. The van der Waals surface area contributed by atoms with E-state index in [9.17, 15) is 23.3 Å². The third-order valence-electron chi connectivity index (χ3n) is 4.99. The summed E-state index contributed by atoms with van der Waals surface area (Å²) in [4.78, 5) is 23.0. The van der Waals surface area contributed by atoms with Gasteiger partial charge in [0.25, 0.3) is 0 Å². The zero-order valence-corrected chi connectivity index (χ0v) is 16.2. The summed E-state index contributed by atoms with van der Waals surface area (Å²) < 4.78 is 38.4. The van der Waals surface area contributed by atoms with Crippen molar-refractivity contribution in [2.75, 3.05) is 36.0 Å². The van der Waals surface area contributed by atoms with E-state index in [-0.39, 0.29) is 16.5 Å². The summed E-state index contributed by atoms with van der Waals surface area (Å²) in [7, 11) is 0. The minimum absolute atomic E-state index is 0.0141. The Morgan fingerprint density at radius 2 is 1.77 bits per heavy atom. The Kier molecular flexibility index (Phi) is 5.10. The third-order valence-corrected chi connectivity index (χ3v) is 5.27. The number of rotatable bonds is 3. The van der Waals surface area contributed by atoms with Gasteiger partial charge in [0.15, 0.2) is 0 Å². The highest BCUT2D eigenvalue weighted by Crippen LogP contribution is 2.37. The van der Waals surface area contributed by atoms with Crippen LogP contribution in [0.2, 0.25) is 5.02 Å². The lowest BCUT2D eigenvalue weighted by molar-refractivity contribution is -0.382. The molecule has 3 heterocycles. The molecular formula is C19H15ClF3N5O2. The minimum Gasteiger partial charge on any atom is -0.362 e. The van der Waals surface area contributed by atoms with E-state index in [2.05, 4.69) is 9.97 Å². The van der Waals surface area contributed by atoms with Crippen molar-refractivity contribution in [1.82, 2.24) is 9.97 Å². The van der Waals surface area contributed by atoms with Crippen LogP contribution < -0.4 is 9.80 Å². The Balaban J connectivity index is 1.57. The maximum atomic E-state index is 12.8. The van der Waals surface area contributed by atoms with Gasteiger partial charge < -0.3 is 9.80 Å². The first-order valence-corrected chi connectivity index (χ1v) is 9.38. The van der Waals surface area contributed by atoms with E-state index in [0.717, 1.165) is 12.3 Å². The van der Waals surface area contributed by atoms with E-state index >= 15 is 0 Å². The maximum absolute atomic E-state index is 12.8. The Bertz CT molecular complexity index is 1120. The summed E-state index contributed by atoms with van der Waals surface area (Å²) in [6.07, 6.45) is -2.18. The molecule has 1 aromatic carbocycles. The topological polar surface area (TPSA) is 75.4 Å². The quantitative estimate of drug-likeness (QED) is 0.442. The molecular weight excluding hydrogens is 423 g/mol. The van der Waals surface area contributed by atoms with Crippen LogP contribution in [0.1, 0.15) is 5.56 Å². The maximum Gasteiger partial charge on any atom is 0.417 e. The molecule has 0 unspecified atom stereocenters. The van der Waals surface area contributed by atoms with Crippen molar-refractivity contribution in [3.8, 4) is 0 Å². The van der Waals surface area contributed by atoms with Crippen molar-refractivity contribution in [2.45, 2.75) is 6.18 Å². The molecule has 0 amide bonds. The van der Waals surface area contributed by atoms with E-state index in [0.29, 0.717) is 42.8 Å². The Morgan fingerprint density at radius 1 is 1.07 bits per heavy atom. The van der Waals surface area contributed by atoms with Gasteiger partial charge in [0.05, 0.1) is 26.4 Å². The molecule has 0 aliphatic carbocycles. The molecule has 1 saturated heterocycles. The van der Waals surface area contributed by atoms with Crippen LogP contribution in [0.15, 0.2) is 42.7 Å². The average Bonchev–Trinajstić information content (AvgIpc) is 2.72. The van der Waals surface area contributed by atoms with Crippen LogP contribution in [-0.2, 0) is 6.18 Å². The van der Waals surface area contributed by atoms with Crippen LogP contribution in [0.25, 0.3) is 10.9 Å². The van der Waals surface area contributed by atoms with Gasteiger partial charge in [-0.25, -0.2) is 4.98 Å². The number of nitro benzene ring substituents is 1. The molecule has 11 heteroatoms. The van der Waals surface area contributed by atoms with Gasteiger partial charge in [-0.2, -0.15) is 13.2 Å². The largest absolute Gasteiger partial charge is 0.417 e.